The first kappa shape index (κ1) is 30.5. The topological polar surface area (TPSA) is 58.5 Å². The van der Waals surface area contributed by atoms with Gasteiger partial charge in [-0.25, -0.2) is 0 Å². The van der Waals surface area contributed by atoms with Crippen LogP contribution < -0.4 is 21.3 Å². The Kier molecular flexibility index (Phi) is 8.38. The van der Waals surface area contributed by atoms with E-state index in [1.807, 2.05) is 0 Å². The fourth-order valence-corrected chi connectivity index (χ4v) is 7.00. The number of anilines is 6. The van der Waals surface area contributed by atoms with Gasteiger partial charge in [-0.05, 0) is 132 Å². The maximum atomic E-state index is 5.84. The second kappa shape index (κ2) is 12.9. The molecule has 6 aromatic rings. The van der Waals surface area contributed by atoms with Crippen LogP contribution in [0.15, 0.2) is 146 Å². The first-order valence-electron chi connectivity index (χ1n) is 16.6. The summed E-state index contributed by atoms with van der Waals surface area (Å²) in [5.41, 5.74) is 26.0. The summed E-state index contributed by atoms with van der Waals surface area (Å²) in [7, 11) is 0. The number of hydrogen-bond donors (Lipinski definition) is 2. The molecular weight excluding hydrogens is 573 g/mol. The smallest absolute Gasteiger partial charge is 0.0465 e. The molecular formula is C43H42N4. The Morgan fingerprint density at radius 3 is 1.13 bits per heavy atom. The number of nitrogens with zero attached hydrogens (tertiary/aromatic N) is 2. The summed E-state index contributed by atoms with van der Waals surface area (Å²) in [6, 6.07) is 52.8. The molecule has 1 aliphatic carbocycles. The van der Waals surface area contributed by atoms with E-state index >= 15 is 0 Å². The highest BCUT2D eigenvalue weighted by Crippen LogP contribution is 2.52. The molecule has 0 aromatic heterocycles. The molecule has 0 saturated heterocycles. The van der Waals surface area contributed by atoms with Gasteiger partial charge in [0.15, 0.2) is 0 Å². The second-order valence-corrected chi connectivity index (χ2v) is 12.8. The maximum Gasteiger partial charge on any atom is 0.0465 e. The third-order valence-electron chi connectivity index (χ3n) is 9.44. The van der Waals surface area contributed by atoms with Crippen LogP contribution in [0.5, 0.6) is 0 Å². The molecule has 0 bridgehead atoms. The SMILES string of the molecule is CC1(C)c2cc(N(c3ccccc3)c3ccc(CCN)cc3)ccc2-c2ccc(N(c3ccccc3)c3ccc(CCN)cc3)cc21. The molecule has 4 heteroatoms. The number of fused-ring (bicyclic) bond motifs is 3. The molecule has 0 radical (unpaired) electrons. The average Bonchev–Trinajstić information content (AvgIpc) is 3.33. The van der Waals surface area contributed by atoms with Gasteiger partial charge in [-0.1, -0.05) is 86.6 Å². The first-order chi connectivity index (χ1) is 23.0. The van der Waals surface area contributed by atoms with Gasteiger partial charge in [0.2, 0.25) is 0 Å². The maximum absolute atomic E-state index is 5.84. The normalized spacial score (nSPS) is 12.8. The minimum absolute atomic E-state index is 0.197. The summed E-state index contributed by atoms with van der Waals surface area (Å²) in [5.74, 6) is 0. The van der Waals surface area contributed by atoms with Crippen LogP contribution in [0.2, 0.25) is 0 Å². The van der Waals surface area contributed by atoms with Crippen LogP contribution in [0.1, 0.15) is 36.1 Å². The molecule has 7 rings (SSSR count). The van der Waals surface area contributed by atoms with Crippen molar-refractivity contribution in [3.63, 3.8) is 0 Å². The average molecular weight is 615 g/mol. The zero-order valence-corrected chi connectivity index (χ0v) is 27.2. The monoisotopic (exact) mass is 614 g/mol. The highest BCUT2D eigenvalue weighted by atomic mass is 15.1. The fourth-order valence-electron chi connectivity index (χ4n) is 7.00. The van der Waals surface area contributed by atoms with Gasteiger partial charge in [0.1, 0.15) is 0 Å². The number of para-hydroxylation sites is 2. The standard InChI is InChI=1S/C43H42N4/c1-43(2)41-29-37(46(33-9-5-3-6-10-33)35-17-13-31(14-18-35)25-27-44)21-23-39(41)40-24-22-38(30-42(40)43)47(34-11-7-4-8-12-34)36-19-15-32(16-20-36)26-28-45/h3-24,29-30H,25-28,44-45H2,1-2H3. The molecule has 0 fully saturated rings. The van der Waals surface area contributed by atoms with Crippen molar-refractivity contribution in [1.29, 1.82) is 0 Å². The van der Waals surface area contributed by atoms with Gasteiger partial charge in [-0.2, -0.15) is 0 Å². The summed E-state index contributed by atoms with van der Waals surface area (Å²) in [4.78, 5) is 4.70. The van der Waals surface area contributed by atoms with Crippen LogP contribution in [0.3, 0.4) is 0 Å². The Morgan fingerprint density at radius 1 is 0.426 bits per heavy atom. The molecule has 0 atom stereocenters. The lowest BCUT2D eigenvalue weighted by Gasteiger charge is -2.29. The zero-order valence-electron chi connectivity index (χ0n) is 27.2. The van der Waals surface area contributed by atoms with E-state index in [1.165, 1.54) is 33.4 Å². The van der Waals surface area contributed by atoms with Crippen molar-refractivity contribution < 1.29 is 0 Å². The minimum atomic E-state index is -0.197. The highest BCUT2D eigenvalue weighted by Gasteiger charge is 2.36. The Hall–Kier alpha value is -5.16. The number of hydrogen-bond acceptors (Lipinski definition) is 4. The predicted octanol–water partition coefficient (Wildman–Crippen LogP) is 9.93. The molecule has 4 N–H and O–H groups in total. The quantitative estimate of drug-likeness (QED) is 0.161. The molecule has 1 aliphatic rings. The van der Waals surface area contributed by atoms with E-state index in [0.717, 1.165) is 47.0 Å². The van der Waals surface area contributed by atoms with Gasteiger partial charge in [0, 0.05) is 39.5 Å². The van der Waals surface area contributed by atoms with Crippen molar-refractivity contribution in [3.8, 4) is 11.1 Å². The predicted molar refractivity (Wildman–Crippen MR) is 199 cm³/mol. The van der Waals surface area contributed by atoms with Crippen molar-refractivity contribution in [3.05, 3.63) is 168 Å². The van der Waals surface area contributed by atoms with Crippen LogP contribution in [0.4, 0.5) is 34.1 Å². The summed E-state index contributed by atoms with van der Waals surface area (Å²) in [5, 5.41) is 0. The summed E-state index contributed by atoms with van der Waals surface area (Å²) in [6.07, 6.45) is 1.75. The van der Waals surface area contributed by atoms with Gasteiger partial charge in [0.25, 0.3) is 0 Å². The largest absolute Gasteiger partial charge is 0.330 e. The number of rotatable bonds is 10. The number of nitrogens with two attached hydrogens (primary N) is 2. The van der Waals surface area contributed by atoms with Crippen molar-refractivity contribution in [1.82, 2.24) is 0 Å². The van der Waals surface area contributed by atoms with E-state index in [2.05, 4.69) is 169 Å². The van der Waals surface area contributed by atoms with E-state index in [4.69, 9.17) is 11.5 Å². The molecule has 0 spiro atoms. The van der Waals surface area contributed by atoms with Crippen molar-refractivity contribution >= 4 is 34.1 Å². The fraction of sp³-hybridized carbons (Fsp3) is 0.163. The molecule has 4 nitrogen and oxygen atoms in total. The molecule has 0 aliphatic heterocycles. The zero-order chi connectivity index (χ0) is 32.4. The van der Waals surface area contributed by atoms with Crippen LogP contribution in [-0.2, 0) is 18.3 Å². The van der Waals surface area contributed by atoms with Crippen molar-refractivity contribution in [2.24, 2.45) is 11.5 Å². The second-order valence-electron chi connectivity index (χ2n) is 12.8. The summed E-state index contributed by atoms with van der Waals surface area (Å²) >= 11 is 0. The molecule has 47 heavy (non-hydrogen) atoms. The van der Waals surface area contributed by atoms with Gasteiger partial charge < -0.3 is 21.3 Å². The first-order valence-corrected chi connectivity index (χ1v) is 16.6. The Labute approximate surface area is 278 Å². The lowest BCUT2D eigenvalue weighted by Crippen LogP contribution is -2.17. The van der Waals surface area contributed by atoms with Gasteiger partial charge >= 0.3 is 0 Å². The third-order valence-corrected chi connectivity index (χ3v) is 9.44. The third kappa shape index (κ3) is 5.83. The van der Waals surface area contributed by atoms with Crippen LogP contribution in [0.25, 0.3) is 11.1 Å². The molecule has 0 unspecified atom stereocenters. The van der Waals surface area contributed by atoms with Gasteiger partial charge in [-0.3, -0.25) is 0 Å². The van der Waals surface area contributed by atoms with Gasteiger partial charge in [0.05, 0.1) is 0 Å². The minimum Gasteiger partial charge on any atom is -0.330 e. The highest BCUT2D eigenvalue weighted by molar-refractivity contribution is 5.88. The Bertz CT molecular complexity index is 1820. The number of benzene rings is 6. The van der Waals surface area contributed by atoms with Gasteiger partial charge in [-0.15, -0.1) is 0 Å². The lowest BCUT2D eigenvalue weighted by atomic mass is 9.82. The molecule has 234 valence electrons. The Morgan fingerprint density at radius 2 is 0.766 bits per heavy atom. The summed E-state index contributed by atoms with van der Waals surface area (Å²) < 4.78 is 0. The molecule has 0 heterocycles. The van der Waals surface area contributed by atoms with E-state index in [0.29, 0.717) is 13.1 Å². The van der Waals surface area contributed by atoms with E-state index in [-0.39, 0.29) is 5.41 Å². The molecule has 6 aromatic carbocycles. The van der Waals surface area contributed by atoms with Crippen LogP contribution in [0, 0.1) is 0 Å². The van der Waals surface area contributed by atoms with E-state index < -0.39 is 0 Å². The van der Waals surface area contributed by atoms with Crippen molar-refractivity contribution in [2.45, 2.75) is 32.1 Å². The van der Waals surface area contributed by atoms with E-state index in [9.17, 15) is 0 Å². The Balaban J connectivity index is 1.30. The molecule has 0 saturated carbocycles. The van der Waals surface area contributed by atoms with E-state index in [1.54, 1.807) is 0 Å². The van der Waals surface area contributed by atoms with Crippen LogP contribution in [-0.4, -0.2) is 13.1 Å². The molecule has 0 amide bonds. The van der Waals surface area contributed by atoms with Crippen molar-refractivity contribution in [2.75, 3.05) is 22.9 Å². The lowest BCUT2D eigenvalue weighted by molar-refractivity contribution is 0.660. The summed E-state index contributed by atoms with van der Waals surface area (Å²) in [6.45, 7) is 6.00. The van der Waals surface area contributed by atoms with Crippen LogP contribution >= 0.6 is 0 Å².